The predicted octanol–water partition coefficient (Wildman–Crippen LogP) is 5.84. The molecule has 1 atom stereocenters. The van der Waals surface area contributed by atoms with Gasteiger partial charge in [-0.2, -0.15) is 0 Å². The molecule has 1 rings (SSSR count). The van der Waals surface area contributed by atoms with Crippen molar-refractivity contribution in [3.8, 4) is 0 Å². The Labute approximate surface area is 169 Å². The lowest BCUT2D eigenvalue weighted by Gasteiger charge is -2.29. The van der Waals surface area contributed by atoms with Gasteiger partial charge < -0.3 is 9.67 Å². The van der Waals surface area contributed by atoms with Crippen molar-refractivity contribution in [2.45, 2.75) is 102 Å². The number of aliphatic carboxylic acids is 1. The second-order valence-corrected chi connectivity index (χ2v) is 8.51. The number of carbonyl (C=O) groups is 1. The van der Waals surface area contributed by atoms with E-state index in [0.29, 0.717) is 11.7 Å². The molecule has 0 aliphatic heterocycles. The zero-order valence-electron chi connectivity index (χ0n) is 17.4. The van der Waals surface area contributed by atoms with E-state index in [9.17, 15) is 4.79 Å². The van der Waals surface area contributed by atoms with Crippen molar-refractivity contribution >= 4 is 17.7 Å². The molecule has 154 valence electrons. The van der Waals surface area contributed by atoms with E-state index in [-0.39, 0.29) is 11.2 Å². The summed E-state index contributed by atoms with van der Waals surface area (Å²) in [5.41, 5.74) is -0.0283. The number of hydrogen-bond acceptors (Lipinski definition) is 4. The molecule has 0 aromatic carbocycles. The number of thioether (sulfide) groups is 1. The minimum absolute atomic E-state index is 0.00115. The van der Waals surface area contributed by atoms with Crippen LogP contribution in [0.25, 0.3) is 0 Å². The highest BCUT2D eigenvalue weighted by Crippen LogP contribution is 2.36. The van der Waals surface area contributed by atoms with Gasteiger partial charge in [0, 0.05) is 12.0 Å². The van der Waals surface area contributed by atoms with Crippen LogP contribution in [0, 0.1) is 0 Å². The fraction of sp³-hybridized carbons (Fsp3) is 0.762. The summed E-state index contributed by atoms with van der Waals surface area (Å²) >= 11 is 1.24. The van der Waals surface area contributed by atoms with E-state index in [1.807, 2.05) is 6.08 Å². The van der Waals surface area contributed by atoms with Gasteiger partial charge in [-0.15, -0.1) is 16.8 Å². The molecule has 1 N–H and O–H groups in total. The Kier molecular flexibility index (Phi) is 11.4. The number of carboxylic acid groups (broad SMARTS) is 1. The molecule has 1 aromatic rings. The Morgan fingerprint density at radius 3 is 2.30 bits per heavy atom. The molecule has 0 amide bonds. The normalized spacial score (nSPS) is 13.4. The molecule has 1 aromatic heterocycles. The standard InChI is InChI=1S/C21H37N3O2S/c1-5-8-10-11-13-15-21(4,14-12-9-6-2)19-22-23-20(24(19)16-7-3)27-17-18(25)26/h7H,3,5-6,8-17H2,1-2,4H3,(H,25,26). The van der Waals surface area contributed by atoms with Gasteiger partial charge >= 0.3 is 5.97 Å². The van der Waals surface area contributed by atoms with E-state index >= 15 is 0 Å². The summed E-state index contributed by atoms with van der Waals surface area (Å²) in [6.07, 6.45) is 13.9. The molecule has 0 saturated heterocycles. The van der Waals surface area contributed by atoms with Crippen LogP contribution < -0.4 is 0 Å². The first-order valence-corrected chi connectivity index (χ1v) is 11.4. The predicted molar refractivity (Wildman–Crippen MR) is 113 cm³/mol. The Hall–Kier alpha value is -1.30. The van der Waals surface area contributed by atoms with Crippen LogP contribution in [-0.4, -0.2) is 31.6 Å². The van der Waals surface area contributed by atoms with Crippen molar-refractivity contribution in [1.29, 1.82) is 0 Å². The van der Waals surface area contributed by atoms with Crippen molar-refractivity contribution in [2.75, 3.05) is 5.75 Å². The summed E-state index contributed by atoms with van der Waals surface area (Å²) in [5, 5.41) is 18.5. The monoisotopic (exact) mass is 395 g/mol. The van der Waals surface area contributed by atoms with Crippen LogP contribution in [0.2, 0.25) is 0 Å². The Balaban J connectivity index is 2.99. The molecule has 5 nitrogen and oxygen atoms in total. The van der Waals surface area contributed by atoms with Gasteiger partial charge in [0.25, 0.3) is 0 Å². The van der Waals surface area contributed by atoms with Gasteiger partial charge in [-0.3, -0.25) is 4.79 Å². The molecule has 27 heavy (non-hydrogen) atoms. The number of allylic oxidation sites excluding steroid dienone is 1. The van der Waals surface area contributed by atoms with Crippen LogP contribution >= 0.6 is 11.8 Å². The zero-order valence-corrected chi connectivity index (χ0v) is 18.2. The number of aromatic nitrogens is 3. The summed E-state index contributed by atoms with van der Waals surface area (Å²) in [7, 11) is 0. The van der Waals surface area contributed by atoms with Crippen LogP contribution in [0.1, 0.15) is 90.8 Å². The highest BCUT2D eigenvalue weighted by Gasteiger charge is 2.32. The summed E-state index contributed by atoms with van der Waals surface area (Å²) < 4.78 is 2.07. The fourth-order valence-corrected chi connectivity index (χ4v) is 4.16. The van der Waals surface area contributed by atoms with Gasteiger partial charge in [-0.05, 0) is 12.8 Å². The van der Waals surface area contributed by atoms with Crippen LogP contribution in [-0.2, 0) is 16.8 Å². The molecule has 6 heteroatoms. The molecule has 1 unspecified atom stereocenters. The van der Waals surface area contributed by atoms with Gasteiger partial charge in [0.2, 0.25) is 0 Å². The number of nitrogens with zero attached hydrogens (tertiary/aromatic N) is 3. The number of carboxylic acids is 1. The average Bonchev–Trinajstić information content (AvgIpc) is 3.04. The molecule has 0 aliphatic rings. The Morgan fingerprint density at radius 2 is 1.70 bits per heavy atom. The minimum atomic E-state index is -0.837. The molecule has 0 spiro atoms. The average molecular weight is 396 g/mol. The van der Waals surface area contributed by atoms with Crippen LogP contribution in [0.15, 0.2) is 17.8 Å². The number of hydrogen-bond donors (Lipinski definition) is 1. The Morgan fingerprint density at radius 1 is 1.11 bits per heavy atom. The van der Waals surface area contributed by atoms with E-state index in [1.165, 1.54) is 63.1 Å². The van der Waals surface area contributed by atoms with Gasteiger partial charge in [0.1, 0.15) is 5.82 Å². The van der Waals surface area contributed by atoms with Crippen molar-refractivity contribution in [3.63, 3.8) is 0 Å². The van der Waals surface area contributed by atoms with Gasteiger partial charge in [0.15, 0.2) is 5.16 Å². The second-order valence-electron chi connectivity index (χ2n) is 7.57. The van der Waals surface area contributed by atoms with Crippen LogP contribution in [0.5, 0.6) is 0 Å². The zero-order chi connectivity index (χ0) is 20.1. The lowest BCUT2D eigenvalue weighted by atomic mass is 9.79. The lowest BCUT2D eigenvalue weighted by molar-refractivity contribution is -0.133. The van der Waals surface area contributed by atoms with Crippen molar-refractivity contribution < 1.29 is 9.90 Å². The molecule has 0 radical (unpaired) electrons. The maximum atomic E-state index is 10.9. The third-order valence-electron chi connectivity index (χ3n) is 5.06. The Bertz CT molecular complexity index is 574. The first-order valence-electron chi connectivity index (χ1n) is 10.4. The number of unbranched alkanes of at least 4 members (excludes halogenated alkanes) is 6. The molecule has 0 bridgehead atoms. The number of rotatable bonds is 16. The molecule has 0 aliphatic carbocycles. The summed E-state index contributed by atoms with van der Waals surface area (Å²) in [5.74, 6) is 0.150. The van der Waals surface area contributed by atoms with E-state index in [4.69, 9.17) is 5.11 Å². The van der Waals surface area contributed by atoms with Gasteiger partial charge in [0.05, 0.1) is 5.75 Å². The summed E-state index contributed by atoms with van der Waals surface area (Å²) in [4.78, 5) is 10.9. The summed E-state index contributed by atoms with van der Waals surface area (Å²) in [6, 6.07) is 0. The van der Waals surface area contributed by atoms with Crippen molar-refractivity contribution in [1.82, 2.24) is 14.8 Å². The van der Waals surface area contributed by atoms with Gasteiger partial charge in [-0.1, -0.05) is 90.0 Å². The lowest BCUT2D eigenvalue weighted by Crippen LogP contribution is -2.27. The largest absolute Gasteiger partial charge is 0.481 e. The SMILES string of the molecule is C=CCn1c(SCC(=O)O)nnc1C(C)(CCCCC)CCCCCCC. The maximum absolute atomic E-state index is 10.9. The highest BCUT2D eigenvalue weighted by molar-refractivity contribution is 7.99. The summed E-state index contributed by atoms with van der Waals surface area (Å²) in [6.45, 7) is 11.2. The first-order chi connectivity index (χ1) is 13.0. The molecule has 0 fully saturated rings. The third-order valence-corrected chi connectivity index (χ3v) is 6.01. The molecular formula is C21H37N3O2S. The van der Waals surface area contributed by atoms with Crippen LogP contribution in [0.4, 0.5) is 0 Å². The molecule has 0 saturated carbocycles. The smallest absolute Gasteiger partial charge is 0.313 e. The van der Waals surface area contributed by atoms with E-state index in [1.54, 1.807) is 0 Å². The topological polar surface area (TPSA) is 68.0 Å². The second kappa shape index (κ2) is 13.0. The minimum Gasteiger partial charge on any atom is -0.481 e. The maximum Gasteiger partial charge on any atom is 0.313 e. The van der Waals surface area contributed by atoms with Crippen molar-refractivity contribution in [3.05, 3.63) is 18.5 Å². The van der Waals surface area contributed by atoms with E-state index in [0.717, 1.165) is 18.7 Å². The fourth-order valence-electron chi connectivity index (χ4n) is 3.49. The quantitative estimate of drug-likeness (QED) is 0.216. The first kappa shape index (κ1) is 23.7. The molecule has 1 heterocycles. The van der Waals surface area contributed by atoms with E-state index in [2.05, 4.69) is 42.1 Å². The highest BCUT2D eigenvalue weighted by atomic mass is 32.2. The van der Waals surface area contributed by atoms with Crippen molar-refractivity contribution in [2.24, 2.45) is 0 Å². The van der Waals surface area contributed by atoms with Crippen LogP contribution in [0.3, 0.4) is 0 Å². The van der Waals surface area contributed by atoms with Gasteiger partial charge in [-0.25, -0.2) is 0 Å². The van der Waals surface area contributed by atoms with E-state index < -0.39 is 5.97 Å². The molecular weight excluding hydrogens is 358 g/mol. The third kappa shape index (κ3) is 8.08.